The van der Waals surface area contributed by atoms with Gasteiger partial charge in [0.25, 0.3) is 0 Å². The number of nitrogens with zero attached hydrogens (tertiary/aromatic N) is 3. The van der Waals surface area contributed by atoms with Crippen molar-refractivity contribution in [1.82, 2.24) is 9.55 Å². The van der Waals surface area contributed by atoms with Crippen molar-refractivity contribution in [3.63, 3.8) is 0 Å². The Labute approximate surface area is 136 Å². The summed E-state index contributed by atoms with van der Waals surface area (Å²) in [7, 11) is 0. The molecule has 0 amide bonds. The van der Waals surface area contributed by atoms with Crippen LogP contribution in [0.4, 0.5) is 0 Å². The van der Waals surface area contributed by atoms with Crippen LogP contribution in [0.3, 0.4) is 0 Å². The number of hydrogen-bond acceptors (Lipinski definition) is 2. The quantitative estimate of drug-likeness (QED) is 0.701. The fourth-order valence-electron chi connectivity index (χ4n) is 3.56. The van der Waals surface area contributed by atoms with Crippen LogP contribution < -0.4 is 0 Å². The first kappa shape index (κ1) is 12.4. The Hall–Kier alpha value is -2.20. The van der Waals surface area contributed by atoms with Crippen molar-refractivity contribution >= 4 is 44.4 Å². The van der Waals surface area contributed by atoms with Gasteiger partial charge in [-0.1, -0.05) is 46.3 Å². The van der Waals surface area contributed by atoms with E-state index in [4.69, 9.17) is 9.98 Å². The third-order valence-electron chi connectivity index (χ3n) is 4.54. The molecule has 3 nitrogen and oxygen atoms in total. The van der Waals surface area contributed by atoms with Gasteiger partial charge in [-0.3, -0.25) is 9.56 Å². The molecule has 1 aromatic carbocycles. The molecule has 3 heterocycles. The molecule has 1 aliphatic carbocycles. The van der Waals surface area contributed by atoms with Gasteiger partial charge in [0.2, 0.25) is 0 Å². The van der Waals surface area contributed by atoms with E-state index in [1.54, 1.807) is 0 Å². The molecule has 1 spiro atoms. The second kappa shape index (κ2) is 4.17. The number of hydrogen-bond donors (Lipinski definition) is 0. The van der Waals surface area contributed by atoms with Crippen LogP contribution >= 0.6 is 15.9 Å². The Morgan fingerprint density at radius 3 is 3.05 bits per heavy atom. The van der Waals surface area contributed by atoms with E-state index < -0.39 is 0 Å². The van der Waals surface area contributed by atoms with Crippen LogP contribution in [0.5, 0.6) is 0 Å². The van der Waals surface area contributed by atoms with Gasteiger partial charge in [-0.25, -0.2) is 4.98 Å². The minimum atomic E-state index is -0.316. The van der Waals surface area contributed by atoms with E-state index >= 15 is 0 Å². The van der Waals surface area contributed by atoms with E-state index in [-0.39, 0.29) is 5.41 Å². The highest BCUT2D eigenvalue weighted by molar-refractivity contribution is 9.11. The lowest BCUT2D eigenvalue weighted by molar-refractivity contribution is 0.782. The number of imidazole rings is 1. The van der Waals surface area contributed by atoms with E-state index in [0.717, 1.165) is 27.1 Å². The van der Waals surface area contributed by atoms with Crippen molar-refractivity contribution < 1.29 is 0 Å². The van der Waals surface area contributed by atoms with Gasteiger partial charge in [0.05, 0.1) is 23.3 Å². The number of halogens is 1. The summed E-state index contributed by atoms with van der Waals surface area (Å²) in [5.41, 5.74) is 4.15. The highest BCUT2D eigenvalue weighted by atomic mass is 79.9. The Kier molecular flexibility index (Phi) is 2.34. The number of allylic oxidation sites excluding steroid dienone is 6. The van der Waals surface area contributed by atoms with E-state index in [1.807, 2.05) is 12.1 Å². The zero-order valence-electron chi connectivity index (χ0n) is 11.7. The zero-order chi connectivity index (χ0) is 14.7. The molecule has 0 bridgehead atoms. The maximum absolute atomic E-state index is 4.75. The van der Waals surface area contributed by atoms with Crippen molar-refractivity contribution in [3.05, 3.63) is 65.0 Å². The molecule has 22 heavy (non-hydrogen) atoms. The monoisotopic (exact) mass is 349 g/mol. The second-order valence-corrected chi connectivity index (χ2v) is 6.48. The van der Waals surface area contributed by atoms with Crippen LogP contribution in [0.25, 0.3) is 22.8 Å². The lowest BCUT2D eigenvalue weighted by Crippen LogP contribution is -2.37. The van der Waals surface area contributed by atoms with Gasteiger partial charge in [0.1, 0.15) is 11.2 Å². The number of aliphatic imine (C=N–C) groups is 1. The van der Waals surface area contributed by atoms with E-state index in [2.05, 4.69) is 69.1 Å². The Bertz CT molecular complexity index is 971. The molecule has 1 atom stereocenters. The number of aromatic nitrogens is 2. The normalized spacial score (nSPS) is 25.0. The number of fused-ring (bicyclic) bond motifs is 4. The molecular weight excluding hydrogens is 338 g/mol. The highest BCUT2D eigenvalue weighted by Gasteiger charge is 2.45. The summed E-state index contributed by atoms with van der Waals surface area (Å²) < 4.78 is 3.38. The van der Waals surface area contributed by atoms with Crippen molar-refractivity contribution in [2.45, 2.75) is 0 Å². The first-order chi connectivity index (χ1) is 10.8. The maximum Gasteiger partial charge on any atom is 0.137 e. The summed E-state index contributed by atoms with van der Waals surface area (Å²) in [6.07, 6.45) is 12.8. The predicted molar refractivity (Wildman–Crippen MR) is 93.9 cm³/mol. The topological polar surface area (TPSA) is 30.2 Å². The predicted octanol–water partition coefficient (Wildman–Crippen LogP) is 4.19. The van der Waals surface area contributed by atoms with E-state index in [1.165, 1.54) is 5.70 Å². The first-order valence-electron chi connectivity index (χ1n) is 7.28. The van der Waals surface area contributed by atoms with Crippen LogP contribution in [0.2, 0.25) is 0 Å². The van der Waals surface area contributed by atoms with Gasteiger partial charge < -0.3 is 0 Å². The molecule has 106 valence electrons. The van der Waals surface area contributed by atoms with Crippen LogP contribution in [0.15, 0.2) is 64.1 Å². The van der Waals surface area contributed by atoms with Crippen molar-refractivity contribution in [2.75, 3.05) is 6.54 Å². The molecule has 0 fully saturated rings. The zero-order valence-corrected chi connectivity index (χ0v) is 13.3. The van der Waals surface area contributed by atoms with Gasteiger partial charge in [-0.15, -0.1) is 0 Å². The maximum atomic E-state index is 4.75. The molecule has 4 heteroatoms. The Balaban J connectivity index is 1.87. The Morgan fingerprint density at radius 1 is 1.18 bits per heavy atom. The number of para-hydroxylation sites is 2. The average molecular weight is 350 g/mol. The van der Waals surface area contributed by atoms with Crippen molar-refractivity contribution in [3.8, 4) is 0 Å². The highest BCUT2D eigenvalue weighted by Crippen LogP contribution is 2.51. The fraction of sp³-hybridized carbons (Fsp3) is 0.111. The van der Waals surface area contributed by atoms with Gasteiger partial charge in [0.15, 0.2) is 0 Å². The van der Waals surface area contributed by atoms with Crippen LogP contribution in [0.1, 0.15) is 5.82 Å². The minimum absolute atomic E-state index is 0.316. The Morgan fingerprint density at radius 2 is 2.09 bits per heavy atom. The fourth-order valence-corrected chi connectivity index (χ4v) is 4.25. The summed E-state index contributed by atoms with van der Waals surface area (Å²) in [5, 5.41) is 0. The standard InChI is InChI=1S/C18H12BrN3/c19-14-6-3-7-15-18(14)10-8-17-21-12-4-1-2-5-13(12)22(17)16(18)9-11-20-15/h1-10H,11H2. The second-order valence-electron chi connectivity index (χ2n) is 5.62. The van der Waals surface area contributed by atoms with E-state index in [9.17, 15) is 0 Å². The van der Waals surface area contributed by atoms with Gasteiger partial charge in [0, 0.05) is 10.2 Å². The molecule has 2 aromatic rings. The summed E-state index contributed by atoms with van der Waals surface area (Å²) in [6.45, 7) is 0.705. The largest absolute Gasteiger partial charge is 0.295 e. The minimum Gasteiger partial charge on any atom is -0.295 e. The number of benzene rings is 1. The molecular formula is C18H12BrN3. The SMILES string of the molecule is BrC1=CC=CC2=NCC=C3n4c(nc5ccccc54)C=CC132. The molecule has 0 N–H and O–H groups in total. The summed E-state index contributed by atoms with van der Waals surface area (Å²) in [6, 6.07) is 8.28. The third kappa shape index (κ3) is 1.36. The summed E-state index contributed by atoms with van der Waals surface area (Å²) in [5.74, 6) is 0.981. The third-order valence-corrected chi connectivity index (χ3v) is 5.43. The van der Waals surface area contributed by atoms with Crippen LogP contribution in [0, 0.1) is 5.41 Å². The molecule has 2 aliphatic heterocycles. The first-order valence-corrected chi connectivity index (χ1v) is 8.07. The van der Waals surface area contributed by atoms with Gasteiger partial charge in [-0.05, 0) is 30.4 Å². The van der Waals surface area contributed by atoms with Crippen LogP contribution in [-0.4, -0.2) is 21.8 Å². The lowest BCUT2D eigenvalue weighted by Gasteiger charge is -2.40. The molecule has 5 rings (SSSR count). The molecule has 3 aliphatic rings. The van der Waals surface area contributed by atoms with Crippen LogP contribution in [-0.2, 0) is 0 Å². The molecule has 1 unspecified atom stereocenters. The average Bonchev–Trinajstić information content (AvgIpc) is 2.93. The van der Waals surface area contributed by atoms with E-state index in [0.29, 0.717) is 6.54 Å². The molecule has 0 radical (unpaired) electrons. The molecule has 0 saturated heterocycles. The molecule has 0 saturated carbocycles. The molecule has 1 aromatic heterocycles. The van der Waals surface area contributed by atoms with Crippen molar-refractivity contribution in [1.29, 1.82) is 0 Å². The van der Waals surface area contributed by atoms with Gasteiger partial charge in [-0.2, -0.15) is 0 Å². The van der Waals surface area contributed by atoms with Gasteiger partial charge >= 0.3 is 0 Å². The van der Waals surface area contributed by atoms with Crippen molar-refractivity contribution in [2.24, 2.45) is 10.4 Å². The lowest BCUT2D eigenvalue weighted by atomic mass is 9.73. The summed E-state index contributed by atoms with van der Waals surface area (Å²) in [4.78, 5) is 9.46. The number of rotatable bonds is 0. The number of dihydropyridines is 1. The summed E-state index contributed by atoms with van der Waals surface area (Å²) >= 11 is 3.77. The smallest absolute Gasteiger partial charge is 0.137 e.